The lowest BCUT2D eigenvalue weighted by Gasteiger charge is -2.14. The Kier molecular flexibility index (Phi) is 6.16. The number of pyridine rings is 1. The molecule has 5 nitrogen and oxygen atoms in total. The molecule has 0 unspecified atom stereocenters. The summed E-state index contributed by atoms with van der Waals surface area (Å²) >= 11 is 9.67. The fourth-order valence-electron chi connectivity index (χ4n) is 3.85. The number of aromatic nitrogens is 2. The van der Waals surface area contributed by atoms with Gasteiger partial charge in [-0.05, 0) is 53.0 Å². The molecule has 1 fully saturated rings. The van der Waals surface area contributed by atoms with Crippen molar-refractivity contribution in [2.45, 2.75) is 31.7 Å². The monoisotopic (exact) mass is 486 g/mol. The standard InChI is InChI=1S/C23H24BrClN4O/c1-28(2)13-12-20(30)22-19-8-5-9-21(26-16-6-3-4-7-16)29(19)27-23(22)15-10-11-18(25)17(24)14-15/h5,8-14,16,26H,3-4,6-7H2,1-2H3/b13-12+. The predicted octanol–water partition coefficient (Wildman–Crippen LogP) is 6.03. The Morgan fingerprint density at radius 2 is 2.03 bits per heavy atom. The van der Waals surface area contributed by atoms with Crippen LogP contribution in [0, 0.1) is 0 Å². The molecule has 2 aromatic heterocycles. The van der Waals surface area contributed by atoms with E-state index >= 15 is 0 Å². The lowest BCUT2D eigenvalue weighted by Crippen LogP contribution is -2.17. The van der Waals surface area contributed by atoms with Crippen LogP contribution in [0.1, 0.15) is 36.0 Å². The van der Waals surface area contributed by atoms with Crippen molar-refractivity contribution in [3.05, 3.63) is 63.7 Å². The summed E-state index contributed by atoms with van der Waals surface area (Å²) in [6.45, 7) is 0. The van der Waals surface area contributed by atoms with E-state index in [1.54, 1.807) is 12.3 Å². The number of rotatable bonds is 6. The first-order valence-corrected chi connectivity index (χ1v) is 11.2. The van der Waals surface area contributed by atoms with Crippen LogP contribution in [-0.2, 0) is 0 Å². The normalized spacial score (nSPS) is 14.7. The quantitative estimate of drug-likeness (QED) is 0.341. The van der Waals surface area contributed by atoms with Crippen molar-refractivity contribution in [3.8, 4) is 11.3 Å². The van der Waals surface area contributed by atoms with Crippen LogP contribution in [0.5, 0.6) is 0 Å². The largest absolute Gasteiger partial charge is 0.383 e. The van der Waals surface area contributed by atoms with E-state index in [0.717, 1.165) is 34.2 Å². The maximum absolute atomic E-state index is 13.2. The van der Waals surface area contributed by atoms with Crippen LogP contribution < -0.4 is 5.32 Å². The van der Waals surface area contributed by atoms with E-state index in [9.17, 15) is 4.79 Å². The number of nitrogens with zero attached hydrogens (tertiary/aromatic N) is 3. The second-order valence-corrected chi connectivity index (χ2v) is 9.09. The molecule has 0 atom stereocenters. The van der Waals surface area contributed by atoms with Crippen LogP contribution in [0.25, 0.3) is 16.8 Å². The topological polar surface area (TPSA) is 49.6 Å². The molecule has 0 saturated heterocycles. The summed E-state index contributed by atoms with van der Waals surface area (Å²) < 4.78 is 2.62. The Morgan fingerprint density at radius 3 is 2.73 bits per heavy atom. The number of halogens is 2. The number of allylic oxidation sites excluding steroid dienone is 1. The van der Waals surface area contributed by atoms with Gasteiger partial charge in [-0.15, -0.1) is 0 Å². The Hall–Kier alpha value is -2.31. The van der Waals surface area contributed by atoms with Gasteiger partial charge in [0.15, 0.2) is 5.78 Å². The van der Waals surface area contributed by atoms with Crippen LogP contribution in [0.15, 0.2) is 53.1 Å². The van der Waals surface area contributed by atoms with Crippen LogP contribution in [-0.4, -0.2) is 40.4 Å². The zero-order chi connectivity index (χ0) is 21.3. The van der Waals surface area contributed by atoms with Crippen molar-refractivity contribution < 1.29 is 4.79 Å². The highest BCUT2D eigenvalue weighted by molar-refractivity contribution is 9.10. The molecule has 1 aliphatic rings. The molecular weight excluding hydrogens is 464 g/mol. The van der Waals surface area contributed by atoms with Gasteiger partial charge in [-0.2, -0.15) is 5.10 Å². The molecule has 2 heterocycles. The summed E-state index contributed by atoms with van der Waals surface area (Å²) in [6, 6.07) is 12.0. The van der Waals surface area contributed by atoms with E-state index in [4.69, 9.17) is 16.7 Å². The highest BCUT2D eigenvalue weighted by Gasteiger charge is 2.22. The average molecular weight is 488 g/mol. The van der Waals surface area contributed by atoms with Crippen LogP contribution in [0.4, 0.5) is 5.82 Å². The number of ketones is 1. The fraction of sp³-hybridized carbons (Fsp3) is 0.304. The molecule has 0 bridgehead atoms. The molecule has 1 saturated carbocycles. The Morgan fingerprint density at radius 1 is 1.27 bits per heavy atom. The van der Waals surface area contributed by atoms with Gasteiger partial charge in [0.25, 0.3) is 0 Å². The van der Waals surface area contributed by atoms with Gasteiger partial charge in [0, 0.05) is 42.4 Å². The number of nitrogens with one attached hydrogen (secondary N) is 1. The van der Waals surface area contributed by atoms with Gasteiger partial charge in [0.1, 0.15) is 11.5 Å². The Labute approximate surface area is 189 Å². The number of fused-ring (bicyclic) bond motifs is 1. The highest BCUT2D eigenvalue weighted by Crippen LogP contribution is 2.33. The molecule has 1 N–H and O–H groups in total. The summed E-state index contributed by atoms with van der Waals surface area (Å²) in [7, 11) is 3.78. The number of carbonyl (C=O) groups is 1. The first-order chi connectivity index (χ1) is 14.4. The lowest BCUT2D eigenvalue weighted by atomic mass is 10.0. The van der Waals surface area contributed by atoms with Crippen molar-refractivity contribution in [1.82, 2.24) is 14.5 Å². The molecule has 30 heavy (non-hydrogen) atoms. The molecule has 3 aromatic rings. The molecule has 0 aliphatic heterocycles. The van der Waals surface area contributed by atoms with Crippen molar-refractivity contribution in [2.24, 2.45) is 0 Å². The van der Waals surface area contributed by atoms with E-state index in [1.165, 1.54) is 12.8 Å². The number of hydrogen-bond acceptors (Lipinski definition) is 4. The summed E-state index contributed by atoms with van der Waals surface area (Å²) in [6.07, 6.45) is 8.15. The number of carbonyl (C=O) groups excluding carboxylic acids is 1. The smallest absolute Gasteiger partial charge is 0.191 e. The van der Waals surface area contributed by atoms with Crippen molar-refractivity contribution in [3.63, 3.8) is 0 Å². The van der Waals surface area contributed by atoms with E-state index in [2.05, 4.69) is 21.2 Å². The van der Waals surface area contributed by atoms with Crippen LogP contribution >= 0.6 is 27.5 Å². The summed E-state index contributed by atoms with van der Waals surface area (Å²) in [5.41, 5.74) is 2.84. The maximum Gasteiger partial charge on any atom is 0.191 e. The van der Waals surface area contributed by atoms with Crippen molar-refractivity contribution in [2.75, 3.05) is 19.4 Å². The molecule has 7 heteroatoms. The predicted molar refractivity (Wildman–Crippen MR) is 126 cm³/mol. The molecule has 1 aliphatic carbocycles. The number of benzene rings is 1. The number of hydrogen-bond donors (Lipinski definition) is 1. The number of anilines is 1. The summed E-state index contributed by atoms with van der Waals surface area (Å²) in [5.74, 6) is 0.821. The summed E-state index contributed by atoms with van der Waals surface area (Å²) in [4.78, 5) is 15.0. The van der Waals surface area contributed by atoms with Gasteiger partial charge in [0.05, 0.1) is 16.1 Å². The minimum absolute atomic E-state index is 0.0854. The minimum Gasteiger partial charge on any atom is -0.383 e. The molecule has 4 rings (SSSR count). The lowest BCUT2D eigenvalue weighted by molar-refractivity contribution is 0.104. The third-order valence-electron chi connectivity index (χ3n) is 5.33. The third kappa shape index (κ3) is 4.25. The second-order valence-electron chi connectivity index (χ2n) is 7.83. The van der Waals surface area contributed by atoms with Crippen LogP contribution in [0.3, 0.4) is 0 Å². The van der Waals surface area contributed by atoms with Crippen molar-refractivity contribution >= 4 is 44.6 Å². The summed E-state index contributed by atoms with van der Waals surface area (Å²) in [5, 5.41) is 9.10. The molecule has 156 valence electrons. The van der Waals surface area contributed by atoms with Gasteiger partial charge in [0.2, 0.25) is 0 Å². The van der Waals surface area contributed by atoms with E-state index < -0.39 is 0 Å². The van der Waals surface area contributed by atoms with Gasteiger partial charge in [-0.1, -0.05) is 36.6 Å². The molecule has 0 spiro atoms. The second kappa shape index (κ2) is 8.82. The highest BCUT2D eigenvalue weighted by atomic mass is 79.9. The zero-order valence-corrected chi connectivity index (χ0v) is 19.4. The Balaban J connectivity index is 1.88. The van der Waals surface area contributed by atoms with Crippen molar-refractivity contribution in [1.29, 1.82) is 0 Å². The van der Waals surface area contributed by atoms with E-state index in [-0.39, 0.29) is 5.78 Å². The average Bonchev–Trinajstić information content (AvgIpc) is 3.36. The van der Waals surface area contributed by atoms with E-state index in [0.29, 0.717) is 22.3 Å². The fourth-order valence-corrected chi connectivity index (χ4v) is 4.34. The third-order valence-corrected chi connectivity index (χ3v) is 6.54. The molecule has 0 radical (unpaired) electrons. The van der Waals surface area contributed by atoms with Crippen LogP contribution in [0.2, 0.25) is 5.02 Å². The SMILES string of the molecule is CN(C)/C=C/C(=O)c1c(-c2ccc(Cl)c(Br)c2)nn2c(NC3CCCC3)cccc12. The first kappa shape index (κ1) is 20.9. The Bertz CT molecular complexity index is 1120. The van der Waals surface area contributed by atoms with Gasteiger partial charge in [-0.3, -0.25) is 4.79 Å². The molecule has 1 aromatic carbocycles. The molecular formula is C23H24BrClN4O. The van der Waals surface area contributed by atoms with Gasteiger partial charge >= 0.3 is 0 Å². The van der Waals surface area contributed by atoms with Gasteiger partial charge in [-0.25, -0.2) is 4.52 Å². The zero-order valence-electron chi connectivity index (χ0n) is 17.0. The molecule has 0 amide bonds. The maximum atomic E-state index is 13.2. The first-order valence-electron chi connectivity index (χ1n) is 10.1. The van der Waals surface area contributed by atoms with Gasteiger partial charge < -0.3 is 10.2 Å². The minimum atomic E-state index is -0.0854. The van der Waals surface area contributed by atoms with E-state index in [1.807, 2.05) is 59.9 Å².